The number of nitrogens with zero attached hydrogens (tertiary/aromatic N) is 2. The molecule has 0 aliphatic carbocycles. The minimum atomic E-state index is -0.198. The second-order valence-corrected chi connectivity index (χ2v) is 11.4. The van der Waals surface area contributed by atoms with Gasteiger partial charge in [-0.3, -0.25) is 14.9 Å². The van der Waals surface area contributed by atoms with E-state index >= 15 is 0 Å². The lowest BCUT2D eigenvalue weighted by molar-refractivity contribution is -0.121. The van der Waals surface area contributed by atoms with Crippen molar-refractivity contribution in [3.05, 3.63) is 48.5 Å². The van der Waals surface area contributed by atoms with Crippen molar-refractivity contribution in [2.24, 2.45) is 0 Å². The number of Topliss-reactive ketones (excluding diaryl/α,β-unsaturated/α-hetero) is 2. The maximum atomic E-state index is 12.2. The molecule has 4 heterocycles. The Hall–Kier alpha value is -4.20. The molecule has 0 saturated carbocycles. The predicted octanol–water partition coefficient (Wildman–Crippen LogP) is 3.47. The highest BCUT2D eigenvalue weighted by molar-refractivity contribution is 5.91. The Morgan fingerprint density at radius 3 is 1.54 bits per heavy atom. The van der Waals surface area contributed by atoms with Crippen molar-refractivity contribution >= 4 is 35.0 Å². The molecule has 4 amide bonds. The number of hydrogen-bond donors (Lipinski definition) is 4. The number of benzene rings is 2. The first-order valence-corrected chi connectivity index (χ1v) is 15.8. The van der Waals surface area contributed by atoms with Crippen LogP contribution in [0.5, 0.6) is 11.5 Å². The zero-order valence-electron chi connectivity index (χ0n) is 26.8. The molecule has 4 N–H and O–H groups in total. The number of hydrogen-bond acceptors (Lipinski definition) is 9. The number of rotatable bonds is 4. The zero-order chi connectivity index (χ0) is 32.8. The third-order valence-electron chi connectivity index (χ3n) is 8.24. The van der Waals surface area contributed by atoms with Crippen molar-refractivity contribution in [3.63, 3.8) is 0 Å². The van der Waals surface area contributed by atoms with Crippen molar-refractivity contribution < 1.29 is 33.4 Å². The van der Waals surface area contributed by atoms with Crippen LogP contribution in [0.4, 0.5) is 21.0 Å². The van der Waals surface area contributed by atoms with Crippen LogP contribution in [-0.2, 0) is 14.3 Å². The molecule has 0 bridgehead atoms. The average Bonchev–Trinajstić information content (AvgIpc) is 3.54. The van der Waals surface area contributed by atoms with E-state index in [0.29, 0.717) is 44.8 Å². The van der Waals surface area contributed by atoms with Crippen LogP contribution in [0.25, 0.3) is 0 Å². The summed E-state index contributed by atoms with van der Waals surface area (Å²) in [5.74, 6) is 2.15. The first kappa shape index (κ1) is 34.7. The minimum Gasteiger partial charge on any atom is -0.497 e. The Morgan fingerprint density at radius 1 is 0.696 bits per heavy atom. The van der Waals surface area contributed by atoms with E-state index in [4.69, 9.17) is 14.2 Å². The smallest absolute Gasteiger partial charge is 0.321 e. The summed E-state index contributed by atoms with van der Waals surface area (Å²) in [5, 5.41) is 12.2. The topological polar surface area (TPSA) is 151 Å². The first-order chi connectivity index (χ1) is 22.3. The van der Waals surface area contributed by atoms with Gasteiger partial charge in [0.2, 0.25) is 0 Å². The molecule has 0 aromatic heterocycles. The molecule has 4 fully saturated rings. The number of urea groups is 2. The SMILES string of the molecule is COc1ccc(NC(=O)N2CCC(=O)CC2)cc1.COc1ccc(NC(=O)N2CCC3(CC2)NCCO3)cc1.O=C1CCNCC1. The molecule has 4 aliphatic heterocycles. The summed E-state index contributed by atoms with van der Waals surface area (Å²) < 4.78 is 15.9. The fourth-order valence-corrected chi connectivity index (χ4v) is 5.39. The Kier molecular flexibility index (Phi) is 13.2. The van der Waals surface area contributed by atoms with Crippen LogP contribution in [0, 0.1) is 0 Å². The van der Waals surface area contributed by atoms with E-state index in [0.717, 1.165) is 74.8 Å². The largest absolute Gasteiger partial charge is 0.497 e. The number of likely N-dealkylation sites (tertiary alicyclic amines) is 2. The normalized spacial score (nSPS) is 18.8. The molecule has 2 aromatic carbocycles. The van der Waals surface area contributed by atoms with Crippen molar-refractivity contribution in [3.8, 4) is 11.5 Å². The highest BCUT2D eigenvalue weighted by atomic mass is 16.5. The summed E-state index contributed by atoms with van der Waals surface area (Å²) in [5.41, 5.74) is 1.30. The Morgan fingerprint density at radius 2 is 1.15 bits per heavy atom. The van der Waals surface area contributed by atoms with Gasteiger partial charge in [-0.05, 0) is 48.5 Å². The monoisotopic (exact) mass is 638 g/mol. The lowest BCUT2D eigenvalue weighted by Gasteiger charge is -2.38. The van der Waals surface area contributed by atoms with E-state index in [2.05, 4.69) is 21.3 Å². The van der Waals surface area contributed by atoms with Gasteiger partial charge in [-0.25, -0.2) is 9.59 Å². The van der Waals surface area contributed by atoms with Gasteiger partial charge < -0.3 is 40.0 Å². The summed E-state index contributed by atoms with van der Waals surface area (Å²) in [6.07, 6.45) is 4.05. The van der Waals surface area contributed by atoms with E-state index in [9.17, 15) is 19.2 Å². The van der Waals surface area contributed by atoms with Crippen molar-refractivity contribution in [1.29, 1.82) is 0 Å². The number of ether oxygens (including phenoxy) is 3. The standard InChI is InChI=1S/C15H21N3O3.C13H16N2O3.C5H9NO/c1-20-13-4-2-12(3-5-13)17-14(19)18-9-6-15(7-10-18)16-8-11-21-15;1-18-12-4-2-10(3-5-12)14-13(17)15-8-6-11(16)7-9-15;7-5-1-3-6-4-2-5/h2-5,16H,6-11H2,1H3,(H,17,19);2-5H,6-9H2,1H3,(H,14,17);6H,1-4H2. The lowest BCUT2D eigenvalue weighted by Crippen LogP contribution is -2.53. The molecule has 4 saturated heterocycles. The zero-order valence-corrected chi connectivity index (χ0v) is 26.8. The maximum absolute atomic E-state index is 12.2. The molecular weight excluding hydrogens is 592 g/mol. The number of anilines is 2. The second-order valence-electron chi connectivity index (χ2n) is 11.4. The van der Waals surface area contributed by atoms with Crippen LogP contribution < -0.4 is 30.7 Å². The van der Waals surface area contributed by atoms with Gasteiger partial charge in [-0.2, -0.15) is 0 Å². The summed E-state index contributed by atoms with van der Waals surface area (Å²) >= 11 is 0. The van der Waals surface area contributed by atoms with Crippen LogP contribution in [0.2, 0.25) is 0 Å². The van der Waals surface area contributed by atoms with Crippen molar-refractivity contribution in [1.82, 2.24) is 20.4 Å². The molecule has 2 aromatic rings. The molecule has 250 valence electrons. The molecule has 1 spiro atoms. The first-order valence-electron chi connectivity index (χ1n) is 15.8. The van der Waals surface area contributed by atoms with E-state index in [1.807, 2.05) is 29.2 Å². The van der Waals surface area contributed by atoms with Gasteiger partial charge in [-0.15, -0.1) is 0 Å². The second kappa shape index (κ2) is 17.5. The van der Waals surface area contributed by atoms with Crippen molar-refractivity contribution in [2.75, 3.05) is 77.3 Å². The van der Waals surface area contributed by atoms with Crippen molar-refractivity contribution in [2.45, 2.75) is 44.2 Å². The number of amides is 4. The van der Waals surface area contributed by atoms with Gasteiger partial charge in [0.1, 0.15) is 28.8 Å². The number of carbonyl (C=O) groups excluding carboxylic acids is 4. The van der Waals surface area contributed by atoms with Gasteiger partial charge in [0.15, 0.2) is 0 Å². The quantitative estimate of drug-likeness (QED) is 0.395. The van der Waals surface area contributed by atoms with Gasteiger partial charge >= 0.3 is 12.1 Å². The number of ketones is 2. The maximum Gasteiger partial charge on any atom is 0.321 e. The van der Waals surface area contributed by atoms with E-state index in [1.54, 1.807) is 43.4 Å². The molecular formula is C33H46N6O7. The molecule has 6 rings (SSSR count). The summed E-state index contributed by atoms with van der Waals surface area (Å²) in [6.45, 7) is 5.85. The lowest BCUT2D eigenvalue weighted by atomic mass is 10.0. The molecule has 0 atom stereocenters. The number of carbonyl (C=O) groups is 4. The van der Waals surface area contributed by atoms with Crippen LogP contribution in [0.3, 0.4) is 0 Å². The van der Waals surface area contributed by atoms with Crippen LogP contribution in [-0.4, -0.2) is 106 Å². The molecule has 0 unspecified atom stereocenters. The van der Waals surface area contributed by atoms with Crippen LogP contribution >= 0.6 is 0 Å². The van der Waals surface area contributed by atoms with E-state index in [-0.39, 0.29) is 23.6 Å². The highest BCUT2D eigenvalue weighted by Crippen LogP contribution is 2.27. The van der Waals surface area contributed by atoms with Crippen LogP contribution in [0.1, 0.15) is 38.5 Å². The Bertz CT molecular complexity index is 1270. The fourth-order valence-electron chi connectivity index (χ4n) is 5.39. The highest BCUT2D eigenvalue weighted by Gasteiger charge is 2.39. The fraction of sp³-hybridized carbons (Fsp3) is 0.515. The summed E-state index contributed by atoms with van der Waals surface area (Å²) in [6, 6.07) is 14.3. The van der Waals surface area contributed by atoms with Gasteiger partial charge in [0, 0.05) is 95.7 Å². The minimum absolute atomic E-state index is 0.0620. The molecule has 0 radical (unpaired) electrons. The Labute approximate surface area is 270 Å². The van der Waals surface area contributed by atoms with Gasteiger partial charge in [0.05, 0.1) is 20.8 Å². The van der Waals surface area contributed by atoms with Crippen LogP contribution in [0.15, 0.2) is 48.5 Å². The van der Waals surface area contributed by atoms with E-state index < -0.39 is 0 Å². The summed E-state index contributed by atoms with van der Waals surface area (Å²) in [7, 11) is 3.22. The Balaban J connectivity index is 0.000000174. The van der Waals surface area contributed by atoms with E-state index in [1.165, 1.54) is 0 Å². The molecule has 13 heteroatoms. The average molecular weight is 639 g/mol. The molecule has 46 heavy (non-hydrogen) atoms. The van der Waals surface area contributed by atoms with Gasteiger partial charge in [0.25, 0.3) is 0 Å². The summed E-state index contributed by atoms with van der Waals surface area (Å²) in [4.78, 5) is 49.1. The third-order valence-corrected chi connectivity index (χ3v) is 8.24. The predicted molar refractivity (Wildman–Crippen MR) is 174 cm³/mol. The number of methoxy groups -OCH3 is 2. The number of nitrogens with one attached hydrogen (secondary N) is 4. The van der Waals surface area contributed by atoms with Gasteiger partial charge in [-0.1, -0.05) is 0 Å². The number of piperidine rings is 3. The molecule has 4 aliphatic rings. The molecule has 13 nitrogen and oxygen atoms in total. The third kappa shape index (κ3) is 10.7.